The summed E-state index contributed by atoms with van der Waals surface area (Å²) in [6.45, 7) is 4.71. The van der Waals surface area contributed by atoms with Gasteiger partial charge in [0, 0.05) is 37.8 Å². The Kier molecular flexibility index (Phi) is 12.0. The molecule has 0 bridgehead atoms. The number of methoxy groups -OCH3 is 3. The third-order valence-electron chi connectivity index (χ3n) is 11.2. The molecule has 0 radical (unpaired) electrons. The minimum Gasteiger partial charge on any atom is -0.493 e. The number of nitrogens with one attached hydrogen (secondary N) is 1. The third-order valence-corrected chi connectivity index (χ3v) is 12.0. The number of hydrogen-bond donors (Lipinski definition) is 1. The molecule has 9 nitrogen and oxygen atoms in total. The highest BCUT2D eigenvalue weighted by molar-refractivity contribution is 6.42. The number of fused-ring (bicyclic) bond motifs is 1. The van der Waals surface area contributed by atoms with Crippen molar-refractivity contribution in [3.05, 3.63) is 111 Å². The first-order valence-corrected chi connectivity index (χ1v) is 19.6. The Morgan fingerprint density at radius 3 is 2.29 bits per heavy atom. The van der Waals surface area contributed by atoms with Crippen LogP contribution < -0.4 is 19.5 Å². The summed E-state index contributed by atoms with van der Waals surface area (Å²) in [6.07, 6.45) is 5.55. The van der Waals surface area contributed by atoms with E-state index in [1.807, 2.05) is 47.4 Å². The lowest BCUT2D eigenvalue weighted by Crippen LogP contribution is -2.49. The maximum Gasteiger partial charge on any atom is 0.254 e. The van der Waals surface area contributed by atoms with Gasteiger partial charge in [-0.3, -0.25) is 4.79 Å². The van der Waals surface area contributed by atoms with Crippen LogP contribution in [0.15, 0.2) is 78.9 Å². The van der Waals surface area contributed by atoms with Gasteiger partial charge in [-0.05, 0) is 110 Å². The maximum atomic E-state index is 14.2. The molecular formula is C43H48Cl2FN5O4. The molecule has 1 N–H and O–H groups in total. The van der Waals surface area contributed by atoms with Crippen molar-refractivity contribution in [2.24, 2.45) is 5.41 Å². The molecule has 2 aliphatic rings. The summed E-state index contributed by atoms with van der Waals surface area (Å²) in [5, 5.41) is 4.83. The van der Waals surface area contributed by atoms with Gasteiger partial charge in [-0.2, -0.15) is 0 Å². The highest BCUT2D eigenvalue weighted by Crippen LogP contribution is 2.42. The molecule has 1 amide bonds. The number of nitrogens with zero attached hydrogens (tertiary/aromatic N) is 4. The van der Waals surface area contributed by atoms with E-state index in [1.54, 1.807) is 33.5 Å². The topological polar surface area (TPSA) is 81.1 Å². The quantitative estimate of drug-likeness (QED) is 0.128. The van der Waals surface area contributed by atoms with E-state index in [-0.39, 0.29) is 23.2 Å². The number of amides is 1. The summed E-state index contributed by atoms with van der Waals surface area (Å²) >= 11 is 12.8. The van der Waals surface area contributed by atoms with Gasteiger partial charge >= 0.3 is 0 Å². The van der Waals surface area contributed by atoms with Crippen molar-refractivity contribution in [2.75, 3.05) is 59.4 Å². The first kappa shape index (κ1) is 38.8. The minimum atomic E-state index is -0.241. The van der Waals surface area contributed by atoms with Gasteiger partial charge in [0.05, 0.1) is 49.0 Å². The van der Waals surface area contributed by atoms with Gasteiger partial charge < -0.3 is 33.9 Å². The number of likely N-dealkylation sites (tertiary alicyclic amines) is 2. The second kappa shape index (κ2) is 17.1. The van der Waals surface area contributed by atoms with Crippen LogP contribution in [0.1, 0.15) is 53.6 Å². The van der Waals surface area contributed by atoms with Crippen molar-refractivity contribution in [1.82, 2.24) is 19.4 Å². The summed E-state index contributed by atoms with van der Waals surface area (Å²) in [7, 11) is 4.67. The monoisotopic (exact) mass is 787 g/mol. The van der Waals surface area contributed by atoms with Crippen LogP contribution in [-0.4, -0.2) is 85.4 Å². The number of anilines is 1. The van der Waals surface area contributed by atoms with Crippen molar-refractivity contribution in [3.63, 3.8) is 0 Å². The predicted octanol–water partition coefficient (Wildman–Crippen LogP) is 8.99. The second-order valence-electron chi connectivity index (χ2n) is 14.8. The van der Waals surface area contributed by atoms with Gasteiger partial charge in [0.25, 0.3) is 5.91 Å². The number of para-hydroxylation sites is 2. The smallest absolute Gasteiger partial charge is 0.254 e. The van der Waals surface area contributed by atoms with Gasteiger partial charge in [0.2, 0.25) is 11.7 Å². The number of halogens is 3. The van der Waals surface area contributed by atoms with Crippen molar-refractivity contribution in [1.29, 1.82) is 0 Å². The SMILES string of the molecule is COc1cc(C(=O)N2CCCC(CCN3CCC(Nc4nc5ccccc5n4Cc4ccc(F)cc4)CC3)(Cc3ccc(Cl)c(Cl)c3)C2)cc(OC)c1OC. The number of carbonyl (C=O) groups is 1. The Bertz CT molecular complexity index is 2100. The fourth-order valence-electron chi connectivity index (χ4n) is 8.28. The predicted molar refractivity (Wildman–Crippen MR) is 217 cm³/mol. The number of hydrogen-bond acceptors (Lipinski definition) is 7. The van der Waals surface area contributed by atoms with E-state index in [9.17, 15) is 9.18 Å². The molecule has 12 heteroatoms. The highest BCUT2D eigenvalue weighted by Gasteiger charge is 2.38. The lowest BCUT2D eigenvalue weighted by atomic mass is 9.72. The van der Waals surface area contributed by atoms with Crippen molar-refractivity contribution in [3.8, 4) is 17.2 Å². The van der Waals surface area contributed by atoms with E-state index in [0.717, 1.165) is 86.3 Å². The normalized spacial score (nSPS) is 18.0. The molecule has 7 rings (SSSR count). The molecule has 5 aromatic rings. The van der Waals surface area contributed by atoms with E-state index < -0.39 is 0 Å². The number of benzene rings is 4. The third kappa shape index (κ3) is 8.82. The van der Waals surface area contributed by atoms with Gasteiger partial charge in [-0.15, -0.1) is 0 Å². The molecule has 2 aliphatic heterocycles. The van der Waals surface area contributed by atoms with Gasteiger partial charge in [0.15, 0.2) is 11.5 Å². The fraction of sp³-hybridized carbons (Fsp3) is 0.395. The highest BCUT2D eigenvalue weighted by atomic mass is 35.5. The molecule has 290 valence electrons. The van der Waals surface area contributed by atoms with E-state index >= 15 is 0 Å². The number of ether oxygens (including phenoxy) is 3. The standard InChI is InChI=1S/C43H48Cl2FN5O4/c1-53-38-24-31(25-39(54-2)40(38)55-3)41(52)50-19-6-17-43(28-50,26-30-11-14-34(44)35(45)23-30)18-22-49-20-15-33(16-21-49)47-42-48-36-7-4-5-8-37(36)51(42)27-29-9-12-32(46)13-10-29/h4-5,7-14,23-25,33H,6,15-22,26-28H2,1-3H3,(H,47,48). The largest absolute Gasteiger partial charge is 0.493 e. The molecule has 4 aromatic carbocycles. The maximum absolute atomic E-state index is 14.2. The lowest BCUT2D eigenvalue weighted by molar-refractivity contribution is 0.0438. The fourth-order valence-corrected chi connectivity index (χ4v) is 8.61. The van der Waals surface area contributed by atoms with Crippen LogP contribution in [0, 0.1) is 11.2 Å². The lowest BCUT2D eigenvalue weighted by Gasteiger charge is -2.45. The molecule has 0 saturated carbocycles. The van der Waals surface area contributed by atoms with E-state index in [0.29, 0.717) is 52.5 Å². The molecule has 0 aliphatic carbocycles. The molecule has 3 heterocycles. The minimum absolute atomic E-state index is 0.0604. The molecule has 0 spiro atoms. The first-order valence-electron chi connectivity index (χ1n) is 18.9. The zero-order chi connectivity index (χ0) is 38.5. The van der Waals surface area contributed by atoms with E-state index in [2.05, 4.69) is 26.9 Å². The van der Waals surface area contributed by atoms with Crippen LogP contribution in [0.2, 0.25) is 10.0 Å². The van der Waals surface area contributed by atoms with Crippen molar-refractivity contribution < 1.29 is 23.4 Å². The number of aromatic nitrogens is 2. The van der Waals surface area contributed by atoms with Crippen molar-refractivity contribution in [2.45, 2.75) is 51.1 Å². The molecule has 55 heavy (non-hydrogen) atoms. The Labute approximate surface area is 332 Å². The van der Waals surface area contributed by atoms with Crippen LogP contribution in [0.25, 0.3) is 11.0 Å². The van der Waals surface area contributed by atoms with Gasteiger partial charge in [0.1, 0.15) is 5.82 Å². The molecule has 2 fully saturated rings. The number of carbonyl (C=O) groups excluding carboxylic acids is 1. The number of imidazole rings is 1. The summed E-state index contributed by atoms with van der Waals surface area (Å²) in [4.78, 5) is 23.7. The van der Waals surface area contributed by atoms with E-state index in [1.165, 1.54) is 12.1 Å². The van der Waals surface area contributed by atoms with Crippen LogP contribution in [0.3, 0.4) is 0 Å². The summed E-state index contributed by atoms with van der Waals surface area (Å²) < 4.78 is 32.5. The Morgan fingerprint density at radius 2 is 1.60 bits per heavy atom. The van der Waals surface area contributed by atoms with Crippen LogP contribution in [-0.2, 0) is 13.0 Å². The molecule has 1 aromatic heterocycles. The average molecular weight is 789 g/mol. The molecular weight excluding hydrogens is 740 g/mol. The number of rotatable bonds is 13. The number of piperidine rings is 2. The molecule has 1 unspecified atom stereocenters. The summed E-state index contributed by atoms with van der Waals surface area (Å²) in [5.74, 6) is 1.89. The summed E-state index contributed by atoms with van der Waals surface area (Å²) in [5.41, 5.74) is 4.45. The zero-order valence-electron chi connectivity index (χ0n) is 31.6. The molecule has 1 atom stereocenters. The van der Waals surface area contributed by atoms with E-state index in [4.69, 9.17) is 42.4 Å². The summed E-state index contributed by atoms with van der Waals surface area (Å²) in [6, 6.07) is 24.4. The van der Waals surface area contributed by atoms with Gasteiger partial charge in [-0.1, -0.05) is 53.5 Å². The van der Waals surface area contributed by atoms with Crippen LogP contribution in [0.4, 0.5) is 10.3 Å². The van der Waals surface area contributed by atoms with Gasteiger partial charge in [-0.25, -0.2) is 9.37 Å². The second-order valence-corrected chi connectivity index (χ2v) is 15.6. The first-order chi connectivity index (χ1) is 26.7. The Hall–Kier alpha value is -4.51. The Morgan fingerprint density at radius 1 is 0.891 bits per heavy atom. The van der Waals surface area contributed by atoms with Crippen LogP contribution >= 0.6 is 23.2 Å². The average Bonchev–Trinajstić information content (AvgIpc) is 3.55. The van der Waals surface area contributed by atoms with Crippen LogP contribution in [0.5, 0.6) is 17.2 Å². The van der Waals surface area contributed by atoms with Crippen molar-refractivity contribution >= 4 is 46.1 Å². The Balaban J connectivity index is 1.04. The molecule has 2 saturated heterocycles. The zero-order valence-corrected chi connectivity index (χ0v) is 33.1.